The highest BCUT2D eigenvalue weighted by Crippen LogP contribution is 2.44. The minimum Gasteiger partial charge on any atom is -0.497 e. The number of nitrogens with zero attached hydrogens (tertiary/aromatic N) is 2. The zero-order chi connectivity index (χ0) is 17.3. The van der Waals surface area contributed by atoms with Crippen LogP contribution in [0.25, 0.3) is 10.9 Å². The fourth-order valence-corrected chi connectivity index (χ4v) is 4.47. The fraction of sp³-hybridized carbons (Fsp3) is 0.474. The summed E-state index contributed by atoms with van der Waals surface area (Å²) >= 11 is 0. The second-order valence-electron chi connectivity index (χ2n) is 7.42. The van der Waals surface area contributed by atoms with Crippen molar-refractivity contribution < 1.29 is 14.3 Å². The number of amides is 2. The minimum atomic E-state index is -0.933. The number of carbonyl (C=O) groups is 2. The number of hydrogen-bond donors (Lipinski definition) is 1. The van der Waals surface area contributed by atoms with Gasteiger partial charge in [-0.3, -0.25) is 9.59 Å². The summed E-state index contributed by atoms with van der Waals surface area (Å²) in [5, 5.41) is 1.08. The largest absolute Gasteiger partial charge is 0.497 e. The lowest BCUT2D eigenvalue weighted by Gasteiger charge is -2.49. The van der Waals surface area contributed by atoms with E-state index >= 15 is 0 Å². The molecule has 0 unspecified atom stereocenters. The maximum Gasteiger partial charge on any atom is 0.255 e. The smallest absolute Gasteiger partial charge is 0.255 e. The van der Waals surface area contributed by atoms with Gasteiger partial charge in [0, 0.05) is 23.5 Å². The number of nitrogens with one attached hydrogen (secondary N) is 1. The summed E-state index contributed by atoms with van der Waals surface area (Å²) in [6, 6.07) is 6.14. The Hall–Kier alpha value is -2.50. The van der Waals surface area contributed by atoms with Crippen molar-refractivity contribution >= 4 is 22.7 Å². The van der Waals surface area contributed by atoms with E-state index in [1.165, 1.54) is 0 Å². The number of carbonyl (C=O) groups excluding carboxylic acids is 2. The molecule has 2 aliphatic heterocycles. The average molecular weight is 339 g/mol. The molecule has 6 heteroatoms. The molecule has 2 aromatic rings. The summed E-state index contributed by atoms with van der Waals surface area (Å²) in [5.41, 5.74) is 2.05. The van der Waals surface area contributed by atoms with Gasteiger partial charge in [0.2, 0.25) is 5.91 Å². The summed E-state index contributed by atoms with van der Waals surface area (Å²) in [7, 11) is 1.65. The first-order valence-electron chi connectivity index (χ1n) is 8.84. The number of piperazine rings is 1. The Balaban J connectivity index is 1.70. The van der Waals surface area contributed by atoms with Crippen LogP contribution in [0.3, 0.4) is 0 Å². The maximum absolute atomic E-state index is 13.4. The molecule has 6 nitrogen and oxygen atoms in total. The van der Waals surface area contributed by atoms with Gasteiger partial charge in [-0.25, -0.2) is 0 Å². The monoisotopic (exact) mass is 339 g/mol. The number of ether oxygens (including phenoxy) is 1. The second-order valence-corrected chi connectivity index (χ2v) is 7.42. The van der Waals surface area contributed by atoms with Gasteiger partial charge in [0.25, 0.3) is 5.91 Å². The van der Waals surface area contributed by atoms with E-state index in [2.05, 4.69) is 4.98 Å². The Kier molecular flexibility index (Phi) is 2.83. The number of rotatable bonds is 2. The molecule has 0 spiro atoms. The molecule has 3 heterocycles. The molecule has 3 aliphatic rings. The first-order chi connectivity index (χ1) is 12.0. The third-order valence-corrected chi connectivity index (χ3v) is 6.00. The third-order valence-electron chi connectivity index (χ3n) is 6.00. The van der Waals surface area contributed by atoms with Gasteiger partial charge in [-0.1, -0.05) is 0 Å². The molecule has 1 aromatic heterocycles. The van der Waals surface area contributed by atoms with Crippen LogP contribution in [-0.2, 0) is 21.5 Å². The van der Waals surface area contributed by atoms with Crippen molar-refractivity contribution in [3.63, 3.8) is 0 Å². The molecule has 1 aromatic carbocycles. The predicted octanol–water partition coefficient (Wildman–Crippen LogP) is 1.78. The number of aromatic nitrogens is 1. The van der Waals surface area contributed by atoms with Gasteiger partial charge >= 0.3 is 0 Å². The van der Waals surface area contributed by atoms with Crippen LogP contribution in [-0.4, -0.2) is 52.8 Å². The molecule has 2 fully saturated rings. The van der Waals surface area contributed by atoms with E-state index in [4.69, 9.17) is 4.74 Å². The van der Waals surface area contributed by atoms with Crippen LogP contribution in [0.5, 0.6) is 5.75 Å². The molecule has 2 amide bonds. The molecule has 0 bridgehead atoms. The number of aromatic amines is 1. The van der Waals surface area contributed by atoms with Crippen LogP contribution >= 0.6 is 0 Å². The van der Waals surface area contributed by atoms with Gasteiger partial charge in [-0.2, -0.15) is 0 Å². The van der Waals surface area contributed by atoms with E-state index in [-0.39, 0.29) is 24.4 Å². The van der Waals surface area contributed by atoms with E-state index < -0.39 is 5.54 Å². The second kappa shape index (κ2) is 4.77. The Bertz CT molecular complexity index is 914. The molecular formula is C19H21N3O3. The maximum atomic E-state index is 13.4. The van der Waals surface area contributed by atoms with Crippen LogP contribution in [0.1, 0.15) is 31.0 Å². The quantitative estimate of drug-likeness (QED) is 0.907. The number of H-pyrrole nitrogens is 1. The fourth-order valence-electron chi connectivity index (χ4n) is 4.47. The van der Waals surface area contributed by atoms with E-state index in [1.54, 1.807) is 16.9 Å². The Morgan fingerprint density at radius 3 is 2.80 bits per heavy atom. The van der Waals surface area contributed by atoms with E-state index in [0.717, 1.165) is 47.2 Å². The van der Waals surface area contributed by atoms with Crippen LogP contribution < -0.4 is 4.74 Å². The van der Waals surface area contributed by atoms with Crippen molar-refractivity contribution in [3.8, 4) is 5.75 Å². The van der Waals surface area contributed by atoms with Crippen molar-refractivity contribution in [2.24, 2.45) is 0 Å². The topological polar surface area (TPSA) is 65.6 Å². The van der Waals surface area contributed by atoms with Crippen molar-refractivity contribution in [2.45, 2.75) is 37.8 Å². The molecule has 1 N–H and O–H groups in total. The van der Waals surface area contributed by atoms with Crippen molar-refractivity contribution in [3.05, 3.63) is 29.5 Å². The Labute approximate surface area is 145 Å². The third kappa shape index (κ3) is 1.85. The highest BCUT2D eigenvalue weighted by molar-refractivity contribution is 6.01. The molecule has 25 heavy (non-hydrogen) atoms. The van der Waals surface area contributed by atoms with Crippen molar-refractivity contribution in [1.29, 1.82) is 0 Å². The van der Waals surface area contributed by atoms with Crippen LogP contribution in [0.2, 0.25) is 0 Å². The zero-order valence-electron chi connectivity index (χ0n) is 14.5. The van der Waals surface area contributed by atoms with Gasteiger partial charge < -0.3 is 19.5 Å². The molecule has 1 saturated carbocycles. The first kappa shape index (κ1) is 14.8. The van der Waals surface area contributed by atoms with Crippen molar-refractivity contribution in [1.82, 2.24) is 14.8 Å². The molecule has 0 radical (unpaired) electrons. The van der Waals surface area contributed by atoms with Gasteiger partial charge in [-0.05, 0) is 49.9 Å². The summed E-state index contributed by atoms with van der Waals surface area (Å²) in [5.74, 6) is 0.900. The van der Waals surface area contributed by atoms with Crippen molar-refractivity contribution in [2.75, 3.05) is 20.2 Å². The predicted molar refractivity (Wildman–Crippen MR) is 92.4 cm³/mol. The Morgan fingerprint density at radius 1 is 1.28 bits per heavy atom. The summed E-state index contributed by atoms with van der Waals surface area (Å²) < 4.78 is 5.36. The first-order valence-corrected chi connectivity index (χ1v) is 8.84. The van der Waals surface area contributed by atoms with Gasteiger partial charge in [0.15, 0.2) is 5.54 Å². The van der Waals surface area contributed by atoms with E-state index in [0.29, 0.717) is 6.54 Å². The summed E-state index contributed by atoms with van der Waals surface area (Å²) in [6.45, 7) is 2.70. The van der Waals surface area contributed by atoms with Gasteiger partial charge in [-0.15, -0.1) is 0 Å². The van der Waals surface area contributed by atoms with Crippen LogP contribution in [0, 0.1) is 0 Å². The highest BCUT2D eigenvalue weighted by atomic mass is 16.5. The van der Waals surface area contributed by atoms with Gasteiger partial charge in [0.1, 0.15) is 12.3 Å². The Morgan fingerprint density at radius 2 is 2.08 bits per heavy atom. The molecular weight excluding hydrogens is 318 g/mol. The SMILES string of the molecule is COc1ccc2[nH]c3c(c2c1)CCN1C(=O)CN(C2CC2)C(=O)[C@]31C. The lowest BCUT2D eigenvalue weighted by Crippen LogP contribution is -2.67. The normalized spacial score (nSPS) is 26.0. The lowest BCUT2D eigenvalue weighted by molar-refractivity contribution is -0.166. The van der Waals surface area contributed by atoms with Gasteiger partial charge in [0.05, 0.1) is 12.8 Å². The number of benzene rings is 1. The van der Waals surface area contributed by atoms with Crippen LogP contribution in [0.4, 0.5) is 0 Å². The number of hydrogen-bond acceptors (Lipinski definition) is 3. The summed E-state index contributed by atoms with van der Waals surface area (Å²) in [4.78, 5) is 33.1. The standard InChI is InChI=1S/C19H21N3O3/c1-19-17-13(14-9-12(25-2)5-6-15(14)20-17)7-8-22(19)16(23)10-21(18(19)24)11-3-4-11/h5-6,9,11,20H,3-4,7-8,10H2,1-2H3/t19-/m0/s1. The molecule has 1 aliphatic carbocycles. The molecule has 1 atom stereocenters. The molecule has 130 valence electrons. The van der Waals surface area contributed by atoms with E-state index in [9.17, 15) is 9.59 Å². The zero-order valence-corrected chi connectivity index (χ0v) is 14.5. The minimum absolute atomic E-state index is 0.0501. The lowest BCUT2D eigenvalue weighted by atomic mass is 9.83. The van der Waals surface area contributed by atoms with Crippen LogP contribution in [0.15, 0.2) is 18.2 Å². The number of methoxy groups -OCH3 is 1. The summed E-state index contributed by atoms with van der Waals surface area (Å²) in [6.07, 6.45) is 2.76. The molecule has 5 rings (SSSR count). The molecule has 1 saturated heterocycles. The van der Waals surface area contributed by atoms with E-state index in [1.807, 2.05) is 25.1 Å². The highest BCUT2D eigenvalue weighted by Gasteiger charge is 2.56. The number of fused-ring (bicyclic) bond motifs is 5. The average Bonchev–Trinajstić information content (AvgIpc) is 3.38.